The number of methoxy groups -OCH3 is 1. The van der Waals surface area contributed by atoms with E-state index in [1.165, 1.54) is 5.56 Å². The van der Waals surface area contributed by atoms with Crippen LogP contribution in [0.25, 0.3) is 0 Å². The number of rotatable bonds is 8. The molecule has 0 unspecified atom stereocenters. The lowest BCUT2D eigenvalue weighted by Gasteiger charge is -2.41. The van der Waals surface area contributed by atoms with Gasteiger partial charge in [0.15, 0.2) is 0 Å². The number of likely N-dealkylation sites (N-methyl/N-ethyl adjacent to an activating group) is 1. The van der Waals surface area contributed by atoms with Crippen LogP contribution in [0.15, 0.2) is 54.6 Å². The summed E-state index contributed by atoms with van der Waals surface area (Å²) < 4.78 is 11.1. The van der Waals surface area contributed by atoms with E-state index in [1.807, 2.05) is 30.3 Å². The van der Waals surface area contributed by atoms with E-state index in [-0.39, 0.29) is 0 Å². The summed E-state index contributed by atoms with van der Waals surface area (Å²) in [5.74, 6) is 0.815. The van der Waals surface area contributed by atoms with Crippen molar-refractivity contribution in [2.75, 3.05) is 46.9 Å². The number of ether oxygens (including phenoxy) is 2. The van der Waals surface area contributed by atoms with Gasteiger partial charge in [-0.3, -0.25) is 4.90 Å². The second-order valence-electron chi connectivity index (χ2n) is 7.16. The number of hydrogen-bond acceptors (Lipinski definition) is 5. The molecule has 0 aromatic heterocycles. The molecule has 0 radical (unpaired) electrons. The van der Waals surface area contributed by atoms with Crippen LogP contribution < -0.4 is 4.74 Å². The van der Waals surface area contributed by atoms with Gasteiger partial charge in [0.1, 0.15) is 5.75 Å². The fourth-order valence-corrected chi connectivity index (χ4v) is 3.62. The number of β-amino-alcohol motifs (C(OH)–C–C–N with tert-alkyl or cyclic N) is 1. The summed E-state index contributed by atoms with van der Waals surface area (Å²) in [4.78, 5) is 4.71. The van der Waals surface area contributed by atoms with Crippen molar-refractivity contribution < 1.29 is 14.6 Å². The van der Waals surface area contributed by atoms with Crippen LogP contribution >= 0.6 is 0 Å². The van der Waals surface area contributed by atoms with E-state index in [4.69, 9.17) is 9.47 Å². The van der Waals surface area contributed by atoms with E-state index >= 15 is 0 Å². The molecule has 0 bridgehead atoms. The zero-order valence-electron chi connectivity index (χ0n) is 16.3. The van der Waals surface area contributed by atoms with Crippen molar-refractivity contribution in [1.82, 2.24) is 9.80 Å². The Kier molecular flexibility index (Phi) is 7.24. The summed E-state index contributed by atoms with van der Waals surface area (Å²) in [6, 6.07) is 18.6. The van der Waals surface area contributed by atoms with Crippen molar-refractivity contribution in [3.8, 4) is 5.75 Å². The monoisotopic (exact) mass is 370 g/mol. The molecule has 2 aromatic rings. The molecule has 1 fully saturated rings. The van der Waals surface area contributed by atoms with Crippen LogP contribution in [0.4, 0.5) is 0 Å². The van der Waals surface area contributed by atoms with E-state index in [0.717, 1.165) is 30.9 Å². The van der Waals surface area contributed by atoms with E-state index < -0.39 is 6.10 Å². The van der Waals surface area contributed by atoms with Gasteiger partial charge in [-0.05, 0) is 18.7 Å². The van der Waals surface area contributed by atoms with Gasteiger partial charge in [0.05, 0.1) is 26.4 Å². The van der Waals surface area contributed by atoms with Crippen LogP contribution in [0.5, 0.6) is 5.75 Å². The summed E-state index contributed by atoms with van der Waals surface area (Å²) in [6.45, 7) is 4.29. The molecule has 2 aromatic carbocycles. The smallest absolute Gasteiger partial charge is 0.124 e. The quantitative estimate of drug-likeness (QED) is 0.774. The van der Waals surface area contributed by atoms with Gasteiger partial charge in [-0.25, -0.2) is 0 Å². The first-order valence-corrected chi connectivity index (χ1v) is 9.52. The summed E-state index contributed by atoms with van der Waals surface area (Å²) in [5.41, 5.74) is 2.29. The number of aliphatic hydroxyl groups is 1. The summed E-state index contributed by atoms with van der Waals surface area (Å²) in [7, 11) is 3.81. The lowest BCUT2D eigenvalue weighted by molar-refractivity contribution is -0.0119. The van der Waals surface area contributed by atoms with Crippen LogP contribution in [-0.4, -0.2) is 68.0 Å². The Balaban J connectivity index is 1.53. The molecular weight excluding hydrogens is 340 g/mol. The van der Waals surface area contributed by atoms with Crippen molar-refractivity contribution in [3.05, 3.63) is 65.7 Å². The second-order valence-corrected chi connectivity index (χ2v) is 7.16. The van der Waals surface area contributed by atoms with Crippen LogP contribution in [0.1, 0.15) is 17.2 Å². The zero-order valence-corrected chi connectivity index (χ0v) is 16.3. The average Bonchev–Trinajstić information content (AvgIpc) is 2.70. The fraction of sp³-hybridized carbons (Fsp3) is 0.455. The largest absolute Gasteiger partial charge is 0.496 e. The molecule has 27 heavy (non-hydrogen) atoms. The zero-order chi connectivity index (χ0) is 19.1. The third-order valence-electron chi connectivity index (χ3n) is 5.08. The normalized spacial score (nSPS) is 19.7. The Labute approximate surface area is 162 Å². The maximum atomic E-state index is 10.5. The molecule has 0 amide bonds. The topological polar surface area (TPSA) is 45.2 Å². The minimum Gasteiger partial charge on any atom is -0.496 e. The Morgan fingerprint density at radius 2 is 1.81 bits per heavy atom. The maximum absolute atomic E-state index is 10.5. The van der Waals surface area contributed by atoms with Gasteiger partial charge in [-0.2, -0.15) is 0 Å². The first kappa shape index (κ1) is 19.8. The van der Waals surface area contributed by atoms with Gasteiger partial charge in [0.2, 0.25) is 0 Å². The molecule has 1 aliphatic heterocycles. The van der Waals surface area contributed by atoms with E-state index in [0.29, 0.717) is 25.8 Å². The van der Waals surface area contributed by atoms with Gasteiger partial charge < -0.3 is 19.5 Å². The predicted octanol–water partition coefficient (Wildman–Crippen LogP) is 2.56. The molecule has 5 nitrogen and oxygen atoms in total. The van der Waals surface area contributed by atoms with Crippen molar-refractivity contribution >= 4 is 0 Å². The highest BCUT2D eigenvalue weighted by atomic mass is 16.5. The summed E-state index contributed by atoms with van der Waals surface area (Å²) >= 11 is 0. The highest BCUT2D eigenvalue weighted by Crippen LogP contribution is 2.25. The highest BCUT2D eigenvalue weighted by Gasteiger charge is 2.28. The SMILES string of the molecule is COc1ccccc1COC[C@H](O)CN1CCN(C)C[C@@H]1c1ccccc1. The number of para-hydroxylation sites is 1. The molecule has 1 saturated heterocycles. The molecule has 5 heteroatoms. The average molecular weight is 370 g/mol. The van der Waals surface area contributed by atoms with Gasteiger partial charge in [-0.15, -0.1) is 0 Å². The molecule has 1 N–H and O–H groups in total. The minimum atomic E-state index is -0.519. The van der Waals surface area contributed by atoms with E-state index in [1.54, 1.807) is 7.11 Å². The van der Waals surface area contributed by atoms with Crippen LogP contribution in [0.3, 0.4) is 0 Å². The lowest BCUT2D eigenvalue weighted by Crippen LogP contribution is -2.49. The van der Waals surface area contributed by atoms with Crippen molar-refractivity contribution in [2.45, 2.75) is 18.8 Å². The molecule has 3 rings (SSSR count). The van der Waals surface area contributed by atoms with Crippen molar-refractivity contribution in [2.24, 2.45) is 0 Å². The molecular formula is C22H30N2O3. The lowest BCUT2D eigenvalue weighted by atomic mass is 10.0. The highest BCUT2D eigenvalue weighted by molar-refractivity contribution is 5.32. The molecule has 0 saturated carbocycles. The molecule has 0 spiro atoms. The summed E-state index contributed by atoms with van der Waals surface area (Å²) in [6.07, 6.45) is -0.519. The molecule has 1 heterocycles. The van der Waals surface area contributed by atoms with E-state index in [2.05, 4.69) is 41.1 Å². The first-order valence-electron chi connectivity index (χ1n) is 9.52. The summed E-state index contributed by atoms with van der Waals surface area (Å²) in [5, 5.41) is 10.5. The predicted molar refractivity (Wildman–Crippen MR) is 107 cm³/mol. The van der Waals surface area contributed by atoms with Gasteiger partial charge in [0.25, 0.3) is 0 Å². The number of benzene rings is 2. The second kappa shape index (κ2) is 9.85. The Bertz CT molecular complexity index is 695. The molecule has 2 atom stereocenters. The van der Waals surface area contributed by atoms with Gasteiger partial charge in [-0.1, -0.05) is 48.5 Å². The number of piperazine rings is 1. The molecule has 1 aliphatic rings. The molecule has 0 aliphatic carbocycles. The first-order chi connectivity index (χ1) is 13.2. The Morgan fingerprint density at radius 1 is 1.07 bits per heavy atom. The van der Waals surface area contributed by atoms with Crippen LogP contribution in [0, 0.1) is 0 Å². The van der Waals surface area contributed by atoms with Crippen molar-refractivity contribution in [3.63, 3.8) is 0 Å². The standard InChI is InChI=1S/C22H30N2O3/c1-23-12-13-24(21(15-23)18-8-4-3-5-9-18)14-20(25)17-27-16-19-10-6-7-11-22(19)26-2/h3-11,20-21,25H,12-17H2,1-2H3/t20-,21-/m1/s1. The van der Waals surface area contributed by atoms with Gasteiger partial charge in [0, 0.05) is 37.8 Å². The van der Waals surface area contributed by atoms with Gasteiger partial charge >= 0.3 is 0 Å². The van der Waals surface area contributed by atoms with Crippen molar-refractivity contribution in [1.29, 1.82) is 0 Å². The Hall–Kier alpha value is -1.92. The molecule has 146 valence electrons. The third-order valence-corrected chi connectivity index (χ3v) is 5.08. The number of aliphatic hydroxyl groups excluding tert-OH is 1. The fourth-order valence-electron chi connectivity index (χ4n) is 3.62. The third kappa shape index (κ3) is 5.53. The minimum absolute atomic E-state index is 0.300. The number of hydrogen-bond donors (Lipinski definition) is 1. The number of nitrogens with zero attached hydrogens (tertiary/aromatic N) is 2. The van der Waals surface area contributed by atoms with Crippen LogP contribution in [-0.2, 0) is 11.3 Å². The van der Waals surface area contributed by atoms with E-state index in [9.17, 15) is 5.11 Å². The van der Waals surface area contributed by atoms with Crippen LogP contribution in [0.2, 0.25) is 0 Å². The maximum Gasteiger partial charge on any atom is 0.124 e. The Morgan fingerprint density at radius 3 is 2.59 bits per heavy atom.